The third-order valence-corrected chi connectivity index (χ3v) is 10.7. The van der Waals surface area contributed by atoms with Gasteiger partial charge in [0.1, 0.15) is 30.0 Å². The molecular formula is C37H52O8. The minimum atomic E-state index is -0.912. The summed E-state index contributed by atoms with van der Waals surface area (Å²) in [4.78, 5) is 26.7. The molecule has 45 heavy (non-hydrogen) atoms. The van der Waals surface area contributed by atoms with E-state index in [0.29, 0.717) is 30.1 Å². The highest BCUT2D eigenvalue weighted by atomic mass is 16.6. The minimum absolute atomic E-state index is 0.150. The second kappa shape index (κ2) is 13.6. The molecule has 2 heterocycles. The summed E-state index contributed by atoms with van der Waals surface area (Å²) in [5.41, 5.74) is 0.648. The van der Waals surface area contributed by atoms with Gasteiger partial charge >= 0.3 is 11.9 Å². The summed E-state index contributed by atoms with van der Waals surface area (Å²) in [5.74, 6) is -0.813. The van der Waals surface area contributed by atoms with Crippen molar-refractivity contribution in [2.45, 2.75) is 116 Å². The zero-order valence-electron chi connectivity index (χ0n) is 27.9. The Bertz CT molecular complexity index is 1260. The second-order valence-corrected chi connectivity index (χ2v) is 14.2. The van der Waals surface area contributed by atoms with Gasteiger partial charge in [0.2, 0.25) is 0 Å². The molecular weight excluding hydrogens is 572 g/mol. The van der Waals surface area contributed by atoms with E-state index in [-0.39, 0.29) is 35.6 Å². The molecule has 12 atom stereocenters. The van der Waals surface area contributed by atoms with Gasteiger partial charge in [-0.2, -0.15) is 0 Å². The first-order chi connectivity index (χ1) is 21.4. The zero-order valence-corrected chi connectivity index (χ0v) is 27.9. The number of hydrogen-bond donors (Lipinski definition) is 1. The molecule has 2 fully saturated rings. The summed E-state index contributed by atoms with van der Waals surface area (Å²) in [6, 6.07) is 0. The Hall–Kier alpha value is -2.68. The van der Waals surface area contributed by atoms with Crippen molar-refractivity contribution < 1.29 is 38.4 Å². The maximum absolute atomic E-state index is 13.6. The number of rotatable bonds is 10. The molecule has 1 saturated heterocycles. The molecule has 248 valence electrons. The smallest absolute Gasteiger partial charge is 0.335 e. The molecule has 5 aliphatic rings. The fraction of sp³-hybridized carbons (Fsp3) is 0.676. The summed E-state index contributed by atoms with van der Waals surface area (Å²) in [6.45, 7) is 16.4. The maximum atomic E-state index is 13.6. The summed E-state index contributed by atoms with van der Waals surface area (Å²) in [7, 11) is 1.52. The van der Waals surface area contributed by atoms with Gasteiger partial charge in [0.05, 0.1) is 11.9 Å². The van der Waals surface area contributed by atoms with Crippen molar-refractivity contribution in [2.24, 2.45) is 35.5 Å². The average molecular weight is 625 g/mol. The molecule has 3 aliphatic carbocycles. The normalized spacial score (nSPS) is 40.6. The number of aliphatic hydroxyl groups excluding tert-OH is 1. The molecule has 2 aliphatic heterocycles. The first kappa shape index (κ1) is 33.7. The number of hydrogen-bond acceptors (Lipinski definition) is 8. The van der Waals surface area contributed by atoms with Crippen molar-refractivity contribution in [1.29, 1.82) is 0 Å². The Labute approximate surface area is 268 Å². The van der Waals surface area contributed by atoms with E-state index in [1.54, 1.807) is 6.08 Å². The van der Waals surface area contributed by atoms with Crippen LogP contribution in [0.15, 0.2) is 59.9 Å². The molecule has 0 unspecified atom stereocenters. The van der Waals surface area contributed by atoms with Crippen LogP contribution in [0.2, 0.25) is 0 Å². The predicted octanol–water partition coefficient (Wildman–Crippen LogP) is 6.01. The van der Waals surface area contributed by atoms with Crippen LogP contribution < -0.4 is 0 Å². The first-order valence-corrected chi connectivity index (χ1v) is 16.8. The molecule has 5 rings (SSSR count). The van der Waals surface area contributed by atoms with Crippen LogP contribution in [-0.4, -0.2) is 66.4 Å². The molecule has 4 bridgehead atoms. The van der Waals surface area contributed by atoms with Crippen LogP contribution >= 0.6 is 0 Å². The Balaban J connectivity index is 1.46. The number of cyclic esters (lactones) is 1. The predicted molar refractivity (Wildman–Crippen MR) is 171 cm³/mol. The highest BCUT2D eigenvalue weighted by Gasteiger charge is 2.69. The molecule has 0 aromatic heterocycles. The molecule has 0 aromatic carbocycles. The number of aliphatic hydroxyl groups is 1. The topological polar surface area (TPSA) is 101 Å². The lowest BCUT2D eigenvalue weighted by atomic mass is 9.57. The summed E-state index contributed by atoms with van der Waals surface area (Å²) in [6.07, 6.45) is 11.8. The molecule has 1 spiro atoms. The molecule has 1 N–H and O–H groups in total. The Morgan fingerprint density at radius 2 is 1.98 bits per heavy atom. The molecule has 0 aromatic rings. The van der Waals surface area contributed by atoms with Crippen LogP contribution in [0.25, 0.3) is 0 Å². The van der Waals surface area contributed by atoms with Gasteiger partial charge in [0.15, 0.2) is 6.10 Å². The fourth-order valence-electron chi connectivity index (χ4n) is 8.38. The first-order valence-electron chi connectivity index (χ1n) is 16.8. The van der Waals surface area contributed by atoms with Crippen LogP contribution in [0.4, 0.5) is 0 Å². The van der Waals surface area contributed by atoms with Gasteiger partial charge in [-0.1, -0.05) is 77.2 Å². The van der Waals surface area contributed by atoms with Crippen molar-refractivity contribution in [1.82, 2.24) is 0 Å². The quantitative estimate of drug-likeness (QED) is 0.179. The van der Waals surface area contributed by atoms with Crippen LogP contribution in [-0.2, 0) is 33.3 Å². The number of methoxy groups -OCH3 is 1. The lowest BCUT2D eigenvalue weighted by Gasteiger charge is -2.49. The third kappa shape index (κ3) is 6.35. The van der Waals surface area contributed by atoms with E-state index in [2.05, 4.69) is 38.7 Å². The van der Waals surface area contributed by atoms with E-state index in [9.17, 15) is 14.7 Å². The average Bonchev–Trinajstić information content (AvgIpc) is 3.59. The van der Waals surface area contributed by atoms with Gasteiger partial charge in [0, 0.05) is 48.7 Å². The largest absolute Gasteiger partial charge is 0.492 e. The van der Waals surface area contributed by atoms with Gasteiger partial charge in [-0.25, -0.2) is 9.59 Å². The highest BCUT2D eigenvalue weighted by molar-refractivity contribution is 5.90. The Kier molecular flexibility index (Phi) is 10.2. The van der Waals surface area contributed by atoms with Crippen molar-refractivity contribution in [3.05, 3.63) is 59.9 Å². The fourth-order valence-corrected chi connectivity index (χ4v) is 8.38. The van der Waals surface area contributed by atoms with Crippen LogP contribution in [0, 0.1) is 35.5 Å². The van der Waals surface area contributed by atoms with Crippen molar-refractivity contribution in [3.8, 4) is 0 Å². The SMILES string of the molecule is C=C(CCCC(C)C)O[C@H](C)[C@H]1OC(=O)[C@@H](OC)C[C@H]2C=C[C@H]3[C@H]4O[C@]2(/C(C)=C/[C@H]1C)[C@@H]3[C@H](O)[C@@H](C)[C@H]4OC(=O)C1=CC=CC1. The van der Waals surface area contributed by atoms with Gasteiger partial charge in [-0.05, 0) is 44.6 Å². The molecule has 8 heteroatoms. The molecule has 1 saturated carbocycles. The lowest BCUT2D eigenvalue weighted by molar-refractivity contribution is -0.174. The maximum Gasteiger partial charge on any atom is 0.335 e. The molecule has 0 radical (unpaired) electrons. The van der Waals surface area contributed by atoms with Crippen LogP contribution in [0.3, 0.4) is 0 Å². The number of ether oxygens (including phenoxy) is 5. The number of allylic oxidation sites excluding steroid dienone is 4. The zero-order chi connectivity index (χ0) is 32.6. The van der Waals surface area contributed by atoms with Crippen molar-refractivity contribution >= 4 is 11.9 Å². The number of carbonyl (C=O) groups excluding carboxylic acids is 2. The van der Waals surface area contributed by atoms with E-state index < -0.39 is 48.2 Å². The lowest BCUT2D eigenvalue weighted by Crippen LogP contribution is -2.57. The Morgan fingerprint density at radius 1 is 1.22 bits per heavy atom. The number of carbonyl (C=O) groups is 2. The summed E-state index contributed by atoms with van der Waals surface area (Å²) < 4.78 is 31.3. The molecule has 0 amide bonds. The molecule has 8 nitrogen and oxygen atoms in total. The van der Waals surface area contributed by atoms with Gasteiger partial charge < -0.3 is 28.8 Å². The summed E-state index contributed by atoms with van der Waals surface area (Å²) in [5, 5.41) is 11.9. The van der Waals surface area contributed by atoms with Gasteiger partial charge in [0.25, 0.3) is 0 Å². The number of esters is 2. The van der Waals surface area contributed by atoms with E-state index >= 15 is 0 Å². The van der Waals surface area contributed by atoms with Crippen LogP contribution in [0.1, 0.15) is 73.6 Å². The van der Waals surface area contributed by atoms with Gasteiger partial charge in [-0.15, -0.1) is 0 Å². The van der Waals surface area contributed by atoms with Crippen molar-refractivity contribution in [2.75, 3.05) is 7.11 Å². The second-order valence-electron chi connectivity index (χ2n) is 14.2. The Morgan fingerprint density at radius 3 is 2.64 bits per heavy atom. The van der Waals surface area contributed by atoms with E-state index in [4.69, 9.17) is 23.7 Å². The van der Waals surface area contributed by atoms with Crippen molar-refractivity contribution in [3.63, 3.8) is 0 Å². The standard InChI is InChI=1S/C37H52O8/c1-20(2)12-11-13-23(5)42-25(7)32-21(3)18-22(4)37-27(19-29(41-8)36(40)43-32)16-17-28-30(37)31(38)24(6)33(34(28)45-37)44-35(39)26-14-9-10-15-26/h9-10,14,16-18,20-21,24-25,27-34,38H,5,11-13,15,19H2,1-4,6-8H3/b22-18+/t21-,24-,25-,27-,28-,29+,30+,31-,32+,33-,34-,37+/m1/s1. The van der Waals surface area contributed by atoms with E-state index in [1.807, 2.05) is 39.8 Å². The third-order valence-electron chi connectivity index (χ3n) is 10.7. The summed E-state index contributed by atoms with van der Waals surface area (Å²) >= 11 is 0. The van der Waals surface area contributed by atoms with Crippen LogP contribution in [0.5, 0.6) is 0 Å². The minimum Gasteiger partial charge on any atom is -0.492 e. The van der Waals surface area contributed by atoms with E-state index in [1.165, 1.54) is 7.11 Å². The monoisotopic (exact) mass is 624 g/mol. The van der Waals surface area contributed by atoms with E-state index in [0.717, 1.165) is 24.8 Å². The van der Waals surface area contributed by atoms with Gasteiger partial charge in [-0.3, -0.25) is 0 Å². The highest BCUT2D eigenvalue weighted by Crippen LogP contribution is 2.61.